The van der Waals surface area contributed by atoms with Gasteiger partial charge in [0.05, 0.1) is 0 Å². The Bertz CT molecular complexity index is 231. The molecule has 0 saturated carbocycles. The van der Waals surface area contributed by atoms with Gasteiger partial charge in [0.1, 0.15) is 0 Å². The first-order valence-corrected chi connectivity index (χ1v) is 12.6. The van der Waals surface area contributed by atoms with Crippen molar-refractivity contribution in [2.75, 3.05) is 13.1 Å². The van der Waals surface area contributed by atoms with Crippen LogP contribution in [0.3, 0.4) is 0 Å². The van der Waals surface area contributed by atoms with Gasteiger partial charge in [0.15, 0.2) is 16.5 Å². The number of nitrogens with zero attached hydrogens (tertiary/aromatic N) is 2. The van der Waals surface area contributed by atoms with Crippen molar-refractivity contribution in [1.82, 2.24) is 9.13 Å². The fourth-order valence-electron chi connectivity index (χ4n) is 1.97. The minimum absolute atomic E-state index is 0.305. The molecule has 2 amide bonds. The SMILES string of the molecule is C[Si](C)(C)N1CCCN([Si](C)(C)C)C1=O. The van der Waals surface area contributed by atoms with E-state index in [0.717, 1.165) is 19.5 Å². The van der Waals surface area contributed by atoms with E-state index in [4.69, 9.17) is 0 Å². The van der Waals surface area contributed by atoms with Crippen LogP contribution in [0.1, 0.15) is 6.42 Å². The lowest BCUT2D eigenvalue weighted by Gasteiger charge is -2.46. The minimum atomic E-state index is -1.48. The zero-order valence-corrected chi connectivity index (χ0v) is 12.9. The summed E-state index contributed by atoms with van der Waals surface area (Å²) in [6.45, 7) is 15.4. The monoisotopic (exact) mass is 244 g/mol. The quantitative estimate of drug-likeness (QED) is 0.685. The van der Waals surface area contributed by atoms with E-state index in [1.807, 2.05) is 0 Å². The lowest BCUT2D eigenvalue weighted by Crippen LogP contribution is -2.64. The van der Waals surface area contributed by atoms with Crippen molar-refractivity contribution in [3.8, 4) is 0 Å². The highest BCUT2D eigenvalue weighted by atomic mass is 28.3. The molecular formula is C10H24N2OSi2. The molecule has 15 heavy (non-hydrogen) atoms. The summed E-state index contributed by atoms with van der Waals surface area (Å²) in [5.74, 6) is 0. The van der Waals surface area contributed by atoms with Crippen LogP contribution in [0.25, 0.3) is 0 Å². The Labute approximate surface area is 95.6 Å². The first kappa shape index (κ1) is 12.8. The summed E-state index contributed by atoms with van der Waals surface area (Å²) in [5, 5.41) is 0. The average molecular weight is 244 g/mol. The fraction of sp³-hybridized carbons (Fsp3) is 0.900. The lowest BCUT2D eigenvalue weighted by molar-refractivity contribution is 0.185. The Morgan fingerprint density at radius 3 is 1.47 bits per heavy atom. The molecule has 0 radical (unpaired) electrons. The van der Waals surface area contributed by atoms with Crippen molar-refractivity contribution in [3.63, 3.8) is 0 Å². The van der Waals surface area contributed by atoms with Gasteiger partial charge in [-0.25, -0.2) is 0 Å². The average Bonchev–Trinajstić information content (AvgIpc) is 1.99. The van der Waals surface area contributed by atoms with Crippen LogP contribution in [0.4, 0.5) is 4.79 Å². The molecule has 0 atom stereocenters. The molecule has 1 aliphatic heterocycles. The second kappa shape index (κ2) is 3.94. The number of rotatable bonds is 2. The third kappa shape index (κ3) is 2.84. The smallest absolute Gasteiger partial charge is 0.303 e. The molecule has 0 aromatic rings. The van der Waals surface area contributed by atoms with Gasteiger partial charge < -0.3 is 9.13 Å². The van der Waals surface area contributed by atoms with Crippen molar-refractivity contribution in [1.29, 1.82) is 0 Å². The van der Waals surface area contributed by atoms with Crippen molar-refractivity contribution >= 4 is 22.5 Å². The number of urea groups is 1. The van der Waals surface area contributed by atoms with E-state index in [0.29, 0.717) is 6.03 Å². The molecule has 0 N–H and O–H groups in total. The first-order chi connectivity index (χ1) is 6.64. The maximum Gasteiger partial charge on any atom is 0.303 e. The molecule has 1 heterocycles. The topological polar surface area (TPSA) is 23.6 Å². The Hall–Kier alpha value is -0.296. The van der Waals surface area contributed by atoms with Crippen LogP contribution in [-0.4, -0.2) is 44.7 Å². The summed E-state index contributed by atoms with van der Waals surface area (Å²) in [6.07, 6.45) is 1.14. The molecule has 1 aliphatic rings. The molecule has 0 aliphatic carbocycles. The van der Waals surface area contributed by atoms with Gasteiger partial charge in [-0.3, -0.25) is 4.79 Å². The number of amides is 2. The Morgan fingerprint density at radius 1 is 0.867 bits per heavy atom. The highest BCUT2D eigenvalue weighted by Crippen LogP contribution is 2.22. The summed E-state index contributed by atoms with van der Waals surface area (Å²) in [6, 6.07) is 0.305. The number of hydrogen-bond donors (Lipinski definition) is 0. The zero-order chi connectivity index (χ0) is 11.9. The predicted octanol–water partition coefficient (Wildman–Crippen LogP) is 2.78. The van der Waals surface area contributed by atoms with Crippen LogP contribution >= 0.6 is 0 Å². The second-order valence-electron chi connectivity index (χ2n) is 6.28. The molecule has 1 saturated heterocycles. The van der Waals surface area contributed by atoms with Gasteiger partial charge in [-0.05, 0) is 6.42 Å². The van der Waals surface area contributed by atoms with E-state index in [9.17, 15) is 4.79 Å². The molecule has 1 rings (SSSR count). The lowest BCUT2D eigenvalue weighted by atomic mass is 10.4. The predicted molar refractivity (Wildman–Crippen MR) is 70.1 cm³/mol. The van der Waals surface area contributed by atoms with E-state index in [1.165, 1.54) is 0 Å². The summed E-state index contributed by atoms with van der Waals surface area (Å²) in [4.78, 5) is 12.3. The molecular weight excluding hydrogens is 220 g/mol. The Kier molecular flexibility index (Phi) is 3.35. The Morgan fingerprint density at radius 2 is 1.20 bits per heavy atom. The van der Waals surface area contributed by atoms with E-state index < -0.39 is 16.5 Å². The highest BCUT2D eigenvalue weighted by molar-refractivity contribution is 6.78. The highest BCUT2D eigenvalue weighted by Gasteiger charge is 2.39. The standard InChI is InChI=1S/C10H24N2OSi2/c1-14(2,3)11-8-7-9-12(10(11)13)15(4,5)6/h7-9H2,1-6H3. The second-order valence-corrected chi connectivity index (χ2v) is 16.0. The van der Waals surface area contributed by atoms with Crippen molar-refractivity contribution in [2.45, 2.75) is 45.7 Å². The van der Waals surface area contributed by atoms with Crippen molar-refractivity contribution in [2.24, 2.45) is 0 Å². The first-order valence-electron chi connectivity index (χ1n) is 5.73. The van der Waals surface area contributed by atoms with Crippen molar-refractivity contribution < 1.29 is 4.79 Å². The van der Waals surface area contributed by atoms with Crippen LogP contribution in [0, 0.1) is 0 Å². The van der Waals surface area contributed by atoms with Crippen LogP contribution in [-0.2, 0) is 0 Å². The Balaban J connectivity index is 2.86. The van der Waals surface area contributed by atoms with E-state index in [-0.39, 0.29) is 0 Å². The summed E-state index contributed by atoms with van der Waals surface area (Å²) < 4.78 is 4.30. The normalized spacial score (nSPS) is 19.7. The number of carbonyl (C=O) groups excluding carboxylic acids is 1. The fourth-order valence-corrected chi connectivity index (χ4v) is 5.12. The van der Waals surface area contributed by atoms with Crippen LogP contribution in [0.15, 0.2) is 0 Å². The van der Waals surface area contributed by atoms with Crippen molar-refractivity contribution in [3.05, 3.63) is 0 Å². The van der Waals surface area contributed by atoms with Crippen LogP contribution < -0.4 is 0 Å². The third-order valence-electron chi connectivity index (χ3n) is 2.84. The summed E-state index contributed by atoms with van der Waals surface area (Å²) in [5.41, 5.74) is 0. The van der Waals surface area contributed by atoms with Gasteiger partial charge in [-0.15, -0.1) is 0 Å². The molecule has 0 aromatic carbocycles. The number of hydrogen-bond acceptors (Lipinski definition) is 1. The molecule has 0 unspecified atom stereocenters. The largest absolute Gasteiger partial charge is 0.353 e. The molecule has 88 valence electrons. The maximum absolute atomic E-state index is 12.3. The molecule has 0 aromatic heterocycles. The van der Waals surface area contributed by atoms with E-state index in [1.54, 1.807) is 0 Å². The molecule has 3 nitrogen and oxygen atoms in total. The molecule has 0 bridgehead atoms. The third-order valence-corrected chi connectivity index (χ3v) is 6.91. The molecule has 5 heteroatoms. The van der Waals surface area contributed by atoms with Crippen LogP contribution in [0.2, 0.25) is 39.3 Å². The van der Waals surface area contributed by atoms with Gasteiger partial charge in [0, 0.05) is 13.1 Å². The van der Waals surface area contributed by atoms with Gasteiger partial charge in [0.2, 0.25) is 0 Å². The number of carbonyl (C=O) groups is 1. The summed E-state index contributed by atoms with van der Waals surface area (Å²) >= 11 is 0. The van der Waals surface area contributed by atoms with Crippen LogP contribution in [0.5, 0.6) is 0 Å². The minimum Gasteiger partial charge on any atom is -0.353 e. The van der Waals surface area contributed by atoms with E-state index >= 15 is 0 Å². The molecule has 0 spiro atoms. The summed E-state index contributed by atoms with van der Waals surface area (Å²) in [7, 11) is -2.95. The van der Waals surface area contributed by atoms with Gasteiger partial charge in [-0.1, -0.05) is 39.3 Å². The zero-order valence-electron chi connectivity index (χ0n) is 10.9. The van der Waals surface area contributed by atoms with Gasteiger partial charge in [0.25, 0.3) is 0 Å². The van der Waals surface area contributed by atoms with Gasteiger partial charge in [-0.2, -0.15) is 0 Å². The van der Waals surface area contributed by atoms with E-state index in [2.05, 4.69) is 48.4 Å². The molecule has 1 fully saturated rings. The van der Waals surface area contributed by atoms with Gasteiger partial charge >= 0.3 is 6.03 Å². The maximum atomic E-state index is 12.3.